The van der Waals surface area contributed by atoms with E-state index < -0.39 is 0 Å². The van der Waals surface area contributed by atoms with Crippen LogP contribution < -0.4 is 15.4 Å². The molecular formula is C21H32N2O2. The average Bonchev–Trinajstić information content (AvgIpc) is 3.17. The van der Waals surface area contributed by atoms with Gasteiger partial charge in [0, 0.05) is 6.04 Å². The van der Waals surface area contributed by atoms with Crippen LogP contribution in [0.15, 0.2) is 24.3 Å². The summed E-state index contributed by atoms with van der Waals surface area (Å²) in [5, 5.41) is 6.05. The minimum Gasteiger partial charge on any atom is -0.471 e. The van der Waals surface area contributed by atoms with Gasteiger partial charge in [0.2, 0.25) is 0 Å². The molecule has 138 valence electrons. The van der Waals surface area contributed by atoms with Gasteiger partial charge in [-0.3, -0.25) is 0 Å². The molecular weight excluding hydrogens is 312 g/mol. The summed E-state index contributed by atoms with van der Waals surface area (Å²) in [6.45, 7) is 8.30. The van der Waals surface area contributed by atoms with E-state index >= 15 is 0 Å². The van der Waals surface area contributed by atoms with Gasteiger partial charge >= 0.3 is 6.03 Å². The van der Waals surface area contributed by atoms with E-state index in [2.05, 4.69) is 37.5 Å². The van der Waals surface area contributed by atoms with Crippen molar-refractivity contribution in [1.29, 1.82) is 0 Å². The molecule has 1 aromatic carbocycles. The van der Waals surface area contributed by atoms with E-state index in [4.69, 9.17) is 4.74 Å². The summed E-state index contributed by atoms with van der Waals surface area (Å²) in [6.07, 6.45) is 5.01. The molecule has 25 heavy (non-hydrogen) atoms. The highest BCUT2D eigenvalue weighted by atomic mass is 16.5. The minimum atomic E-state index is -0.368. The average molecular weight is 344 g/mol. The number of hydrogen-bond donors (Lipinski definition) is 2. The van der Waals surface area contributed by atoms with E-state index in [0.29, 0.717) is 11.8 Å². The third-order valence-electron chi connectivity index (χ3n) is 5.97. The van der Waals surface area contributed by atoms with Gasteiger partial charge in [0.1, 0.15) is 5.75 Å². The molecule has 5 unspecified atom stereocenters. The Balaban J connectivity index is 1.49. The van der Waals surface area contributed by atoms with E-state index in [9.17, 15) is 4.79 Å². The molecule has 2 aliphatic carbocycles. The molecule has 2 bridgehead atoms. The normalized spacial score (nSPS) is 27.2. The second kappa shape index (κ2) is 7.67. The van der Waals surface area contributed by atoms with Crippen LogP contribution in [0.2, 0.25) is 0 Å². The number of ether oxygens (including phenoxy) is 1. The predicted octanol–water partition coefficient (Wildman–Crippen LogP) is 4.66. The summed E-state index contributed by atoms with van der Waals surface area (Å²) >= 11 is 0. The highest BCUT2D eigenvalue weighted by Crippen LogP contribution is 2.49. The summed E-state index contributed by atoms with van der Waals surface area (Å²) in [6, 6.07) is 8.11. The lowest BCUT2D eigenvalue weighted by Crippen LogP contribution is -2.49. The topological polar surface area (TPSA) is 50.4 Å². The van der Waals surface area contributed by atoms with Crippen LogP contribution in [0.3, 0.4) is 0 Å². The largest absolute Gasteiger partial charge is 0.471 e. The Kier molecular flexibility index (Phi) is 5.55. The van der Waals surface area contributed by atoms with Crippen molar-refractivity contribution in [2.24, 2.45) is 17.8 Å². The van der Waals surface area contributed by atoms with Crippen LogP contribution in [-0.2, 0) is 0 Å². The lowest BCUT2D eigenvalue weighted by Gasteiger charge is -2.29. The molecule has 0 saturated heterocycles. The third kappa shape index (κ3) is 4.28. The van der Waals surface area contributed by atoms with Gasteiger partial charge in [0.05, 0.1) is 0 Å². The van der Waals surface area contributed by atoms with Crippen molar-refractivity contribution in [2.45, 2.75) is 71.6 Å². The fourth-order valence-corrected chi connectivity index (χ4v) is 4.73. The summed E-state index contributed by atoms with van der Waals surface area (Å²) in [5.74, 6) is 3.58. The van der Waals surface area contributed by atoms with Gasteiger partial charge in [-0.15, -0.1) is 0 Å². The fourth-order valence-electron chi connectivity index (χ4n) is 4.73. The number of hydrogen-bond acceptors (Lipinski definition) is 2. The molecule has 0 aliphatic heterocycles. The maximum atomic E-state index is 12.3. The van der Waals surface area contributed by atoms with Crippen molar-refractivity contribution in [3.63, 3.8) is 0 Å². The van der Waals surface area contributed by atoms with E-state index in [1.807, 2.05) is 25.1 Å². The summed E-state index contributed by atoms with van der Waals surface area (Å²) in [4.78, 5) is 12.3. The SMILES string of the molecule is CC(NC(=O)NC(C)C1CC2CCC1C2)Oc1ccccc1C(C)C. The third-order valence-corrected chi connectivity index (χ3v) is 5.97. The fraction of sp³-hybridized carbons (Fsp3) is 0.667. The second-order valence-electron chi connectivity index (χ2n) is 8.20. The van der Waals surface area contributed by atoms with Crippen molar-refractivity contribution < 1.29 is 9.53 Å². The van der Waals surface area contributed by atoms with Crippen LogP contribution in [0.1, 0.15) is 64.9 Å². The van der Waals surface area contributed by atoms with Crippen molar-refractivity contribution in [1.82, 2.24) is 10.6 Å². The molecule has 1 aromatic rings. The summed E-state index contributed by atoms with van der Waals surface area (Å²) in [7, 11) is 0. The van der Waals surface area contributed by atoms with Gasteiger partial charge in [-0.05, 0) is 68.4 Å². The first-order valence-electron chi connectivity index (χ1n) is 9.76. The smallest absolute Gasteiger partial charge is 0.317 e. The number of para-hydroxylation sites is 1. The number of urea groups is 1. The maximum absolute atomic E-state index is 12.3. The zero-order chi connectivity index (χ0) is 18.0. The van der Waals surface area contributed by atoms with Crippen LogP contribution >= 0.6 is 0 Å². The van der Waals surface area contributed by atoms with Gasteiger partial charge in [-0.2, -0.15) is 0 Å². The molecule has 2 aliphatic rings. The molecule has 5 atom stereocenters. The maximum Gasteiger partial charge on any atom is 0.317 e. The van der Waals surface area contributed by atoms with Crippen LogP contribution in [0.4, 0.5) is 4.79 Å². The molecule has 3 rings (SSSR count). The molecule has 4 heteroatoms. The van der Waals surface area contributed by atoms with E-state index in [1.165, 1.54) is 25.7 Å². The number of nitrogens with one attached hydrogen (secondary N) is 2. The quantitative estimate of drug-likeness (QED) is 0.738. The molecule has 0 aromatic heterocycles. The Hall–Kier alpha value is -1.71. The number of benzene rings is 1. The van der Waals surface area contributed by atoms with Gasteiger partial charge in [-0.1, -0.05) is 38.5 Å². The van der Waals surface area contributed by atoms with Gasteiger partial charge < -0.3 is 15.4 Å². The first-order chi connectivity index (χ1) is 11.9. The molecule has 0 spiro atoms. The Morgan fingerprint density at radius 2 is 1.84 bits per heavy atom. The van der Waals surface area contributed by atoms with E-state index in [0.717, 1.165) is 23.1 Å². The predicted molar refractivity (Wildman–Crippen MR) is 101 cm³/mol. The number of fused-ring (bicyclic) bond motifs is 2. The van der Waals surface area contributed by atoms with Crippen molar-refractivity contribution in [3.8, 4) is 5.75 Å². The van der Waals surface area contributed by atoms with Crippen LogP contribution in [0.25, 0.3) is 0 Å². The molecule has 0 radical (unpaired) electrons. The lowest BCUT2D eigenvalue weighted by molar-refractivity contribution is 0.169. The van der Waals surface area contributed by atoms with Crippen molar-refractivity contribution in [3.05, 3.63) is 29.8 Å². The zero-order valence-corrected chi connectivity index (χ0v) is 15.9. The lowest BCUT2D eigenvalue weighted by atomic mass is 9.84. The minimum absolute atomic E-state index is 0.134. The van der Waals surface area contributed by atoms with Gasteiger partial charge in [0.25, 0.3) is 0 Å². The molecule has 2 saturated carbocycles. The van der Waals surface area contributed by atoms with Crippen LogP contribution in [-0.4, -0.2) is 18.3 Å². The Morgan fingerprint density at radius 1 is 1.08 bits per heavy atom. The zero-order valence-electron chi connectivity index (χ0n) is 15.9. The van der Waals surface area contributed by atoms with E-state index in [1.54, 1.807) is 0 Å². The second-order valence-corrected chi connectivity index (χ2v) is 8.20. The molecule has 2 fully saturated rings. The molecule has 0 heterocycles. The number of carbonyl (C=O) groups is 1. The van der Waals surface area contributed by atoms with Gasteiger partial charge in [0.15, 0.2) is 6.23 Å². The molecule has 4 nitrogen and oxygen atoms in total. The van der Waals surface area contributed by atoms with E-state index in [-0.39, 0.29) is 18.3 Å². The first-order valence-corrected chi connectivity index (χ1v) is 9.76. The van der Waals surface area contributed by atoms with Gasteiger partial charge in [-0.25, -0.2) is 4.79 Å². The summed E-state index contributed by atoms with van der Waals surface area (Å²) < 4.78 is 5.96. The van der Waals surface area contributed by atoms with Crippen molar-refractivity contribution >= 4 is 6.03 Å². The van der Waals surface area contributed by atoms with Crippen molar-refractivity contribution in [2.75, 3.05) is 0 Å². The molecule has 2 N–H and O–H groups in total. The number of rotatable bonds is 6. The number of carbonyl (C=O) groups excluding carboxylic acids is 1. The number of amides is 2. The standard InChI is InChI=1S/C21H32N2O2/c1-13(2)18-7-5-6-8-20(18)25-15(4)23-21(24)22-14(3)19-12-16-9-10-17(19)11-16/h5-8,13-17,19H,9-12H2,1-4H3,(H2,22,23,24). The first kappa shape index (κ1) is 18.1. The molecule has 2 amide bonds. The Bertz CT molecular complexity index is 601. The monoisotopic (exact) mass is 344 g/mol. The summed E-state index contributed by atoms with van der Waals surface area (Å²) in [5.41, 5.74) is 1.16. The highest BCUT2D eigenvalue weighted by molar-refractivity contribution is 5.74. The highest BCUT2D eigenvalue weighted by Gasteiger charge is 2.42. The van der Waals surface area contributed by atoms with Crippen LogP contribution in [0, 0.1) is 17.8 Å². The Labute approximate surface area is 151 Å². The van der Waals surface area contributed by atoms with Crippen LogP contribution in [0.5, 0.6) is 5.75 Å². The Morgan fingerprint density at radius 3 is 2.48 bits per heavy atom.